The molecule has 1 saturated carbocycles. The number of sulfone groups is 1. The molecule has 29 heavy (non-hydrogen) atoms. The van der Waals surface area contributed by atoms with Gasteiger partial charge in [0.25, 0.3) is 0 Å². The van der Waals surface area contributed by atoms with Crippen LogP contribution in [0.1, 0.15) is 42.9 Å². The van der Waals surface area contributed by atoms with Crippen LogP contribution in [-0.2, 0) is 9.84 Å². The molecule has 0 radical (unpaired) electrons. The van der Waals surface area contributed by atoms with Crippen LogP contribution in [0.3, 0.4) is 0 Å². The molecule has 0 aliphatic heterocycles. The number of nitrogens with one attached hydrogen (secondary N) is 1. The van der Waals surface area contributed by atoms with E-state index >= 15 is 0 Å². The van der Waals surface area contributed by atoms with Crippen LogP contribution in [0.15, 0.2) is 83.8 Å². The van der Waals surface area contributed by atoms with Crippen molar-refractivity contribution >= 4 is 9.84 Å². The monoisotopic (exact) mass is 405 g/mol. The predicted octanol–water partition coefficient (Wildman–Crippen LogP) is 5.38. The molecule has 0 spiro atoms. The minimum Gasteiger partial charge on any atom is -0.303 e. The Bertz CT molecular complexity index is 1070. The van der Waals surface area contributed by atoms with Crippen molar-refractivity contribution in [1.82, 2.24) is 5.32 Å². The van der Waals surface area contributed by atoms with E-state index in [0.717, 1.165) is 16.7 Å². The van der Waals surface area contributed by atoms with Crippen molar-refractivity contribution in [3.8, 4) is 11.1 Å². The Morgan fingerprint density at radius 3 is 2.07 bits per heavy atom. The van der Waals surface area contributed by atoms with Gasteiger partial charge in [-0.1, -0.05) is 85.6 Å². The van der Waals surface area contributed by atoms with Crippen LogP contribution in [-0.4, -0.2) is 20.7 Å². The molecule has 1 N–H and O–H groups in total. The average molecular weight is 406 g/mol. The molecule has 150 valence electrons. The Hall–Kier alpha value is -2.43. The highest BCUT2D eigenvalue weighted by Gasteiger charge is 2.25. The molecule has 0 bridgehead atoms. The lowest BCUT2D eigenvalue weighted by Gasteiger charge is -2.26. The van der Waals surface area contributed by atoms with Gasteiger partial charge in [-0.05, 0) is 35.6 Å². The molecule has 0 saturated heterocycles. The summed E-state index contributed by atoms with van der Waals surface area (Å²) in [5.41, 5.74) is 4.04. The largest absolute Gasteiger partial charge is 0.303 e. The second-order valence-corrected chi connectivity index (χ2v) is 9.83. The lowest BCUT2D eigenvalue weighted by molar-refractivity contribution is 0.479. The van der Waals surface area contributed by atoms with Crippen LogP contribution in [0.4, 0.5) is 0 Å². The number of benzene rings is 3. The number of rotatable bonds is 6. The smallest absolute Gasteiger partial charge is 0.176 e. The van der Waals surface area contributed by atoms with Crippen molar-refractivity contribution in [2.75, 3.05) is 6.26 Å². The highest BCUT2D eigenvalue weighted by molar-refractivity contribution is 7.90. The molecule has 0 aromatic heterocycles. The minimum atomic E-state index is -3.33. The van der Waals surface area contributed by atoms with Gasteiger partial charge in [-0.25, -0.2) is 8.42 Å². The lowest BCUT2D eigenvalue weighted by Crippen LogP contribution is -2.31. The third-order valence-corrected chi connectivity index (χ3v) is 6.89. The molecular weight excluding hydrogens is 378 g/mol. The van der Waals surface area contributed by atoms with Crippen LogP contribution < -0.4 is 5.32 Å². The Kier molecular flexibility index (Phi) is 5.84. The fourth-order valence-electron chi connectivity index (χ4n) is 4.35. The van der Waals surface area contributed by atoms with E-state index < -0.39 is 9.84 Å². The Balaban J connectivity index is 1.86. The molecule has 1 atom stereocenters. The lowest BCUT2D eigenvalue weighted by atomic mass is 9.90. The van der Waals surface area contributed by atoms with Gasteiger partial charge in [-0.15, -0.1) is 0 Å². The molecule has 3 aromatic carbocycles. The normalized spacial score (nSPS) is 16.0. The summed E-state index contributed by atoms with van der Waals surface area (Å²) in [5, 5.41) is 3.87. The molecule has 0 amide bonds. The molecule has 3 aromatic rings. The number of hydrogen-bond donors (Lipinski definition) is 1. The zero-order chi connectivity index (χ0) is 20.3. The number of hydrogen-bond acceptors (Lipinski definition) is 3. The van der Waals surface area contributed by atoms with Gasteiger partial charge in [0, 0.05) is 17.9 Å². The fraction of sp³-hybridized carbons (Fsp3) is 0.280. The first-order chi connectivity index (χ1) is 14.0. The first-order valence-electron chi connectivity index (χ1n) is 10.2. The van der Waals surface area contributed by atoms with Gasteiger partial charge in [0.15, 0.2) is 9.84 Å². The van der Waals surface area contributed by atoms with Gasteiger partial charge in [0.05, 0.1) is 10.9 Å². The maximum absolute atomic E-state index is 12.4. The van der Waals surface area contributed by atoms with E-state index in [1.54, 1.807) is 12.1 Å². The van der Waals surface area contributed by atoms with Crippen molar-refractivity contribution in [3.63, 3.8) is 0 Å². The fourth-order valence-corrected chi connectivity index (χ4v) is 5.25. The van der Waals surface area contributed by atoms with E-state index in [4.69, 9.17) is 0 Å². The molecule has 1 unspecified atom stereocenters. The van der Waals surface area contributed by atoms with E-state index in [-0.39, 0.29) is 6.04 Å². The van der Waals surface area contributed by atoms with Crippen molar-refractivity contribution < 1.29 is 8.42 Å². The first kappa shape index (κ1) is 19.9. The molecular formula is C25H27NO2S. The van der Waals surface area contributed by atoms with Crippen LogP contribution in [0, 0.1) is 0 Å². The van der Waals surface area contributed by atoms with Gasteiger partial charge in [-0.2, -0.15) is 0 Å². The van der Waals surface area contributed by atoms with Crippen molar-refractivity contribution in [2.24, 2.45) is 0 Å². The highest BCUT2D eigenvalue weighted by atomic mass is 32.2. The van der Waals surface area contributed by atoms with E-state index in [0.29, 0.717) is 10.9 Å². The maximum atomic E-state index is 12.4. The predicted molar refractivity (Wildman–Crippen MR) is 119 cm³/mol. The van der Waals surface area contributed by atoms with E-state index in [1.165, 1.54) is 37.5 Å². The third kappa shape index (κ3) is 4.44. The molecule has 4 rings (SSSR count). The molecule has 1 aliphatic carbocycles. The molecule has 1 aliphatic rings. The van der Waals surface area contributed by atoms with Crippen molar-refractivity contribution in [2.45, 2.75) is 42.7 Å². The zero-order valence-corrected chi connectivity index (χ0v) is 17.5. The summed E-state index contributed by atoms with van der Waals surface area (Å²) in [6, 6.07) is 26.4. The summed E-state index contributed by atoms with van der Waals surface area (Å²) in [6.45, 7) is 0. The molecule has 4 heteroatoms. The van der Waals surface area contributed by atoms with Crippen molar-refractivity contribution in [1.29, 1.82) is 0 Å². The maximum Gasteiger partial charge on any atom is 0.176 e. The van der Waals surface area contributed by atoms with Gasteiger partial charge in [0.2, 0.25) is 0 Å². The Morgan fingerprint density at radius 2 is 1.38 bits per heavy atom. The van der Waals surface area contributed by atoms with E-state index in [2.05, 4.69) is 35.6 Å². The van der Waals surface area contributed by atoms with Gasteiger partial charge >= 0.3 is 0 Å². The summed E-state index contributed by atoms with van der Waals surface area (Å²) in [7, 11) is -3.33. The first-order valence-corrected chi connectivity index (χ1v) is 12.1. The summed E-state index contributed by atoms with van der Waals surface area (Å²) in [4.78, 5) is 0.375. The highest BCUT2D eigenvalue weighted by Crippen LogP contribution is 2.36. The standard InChI is InChI=1S/C25H27NO2S/c1-29(27,28)24-18-10-9-16-22(24)21-15-7-8-17-23(21)25(19-11-3-2-4-12-19)26-20-13-5-6-14-20/h2-4,7-12,15-18,20,25-26H,5-6,13-14H2,1H3. The Morgan fingerprint density at radius 1 is 0.793 bits per heavy atom. The second kappa shape index (κ2) is 8.52. The summed E-state index contributed by atoms with van der Waals surface area (Å²) >= 11 is 0. The van der Waals surface area contributed by atoms with Crippen LogP contribution in [0.2, 0.25) is 0 Å². The van der Waals surface area contributed by atoms with Gasteiger partial charge in [0.1, 0.15) is 0 Å². The average Bonchev–Trinajstić information content (AvgIpc) is 3.25. The Labute approximate surface area is 173 Å². The summed E-state index contributed by atoms with van der Waals surface area (Å²) in [6.07, 6.45) is 6.17. The second-order valence-electron chi connectivity index (χ2n) is 7.85. The van der Waals surface area contributed by atoms with Crippen molar-refractivity contribution in [3.05, 3.63) is 90.0 Å². The van der Waals surface area contributed by atoms with Gasteiger partial charge in [-0.3, -0.25) is 0 Å². The molecule has 0 heterocycles. The van der Waals surface area contributed by atoms with Crippen LogP contribution in [0.25, 0.3) is 11.1 Å². The third-order valence-electron chi connectivity index (χ3n) is 5.74. The topological polar surface area (TPSA) is 46.2 Å². The minimum absolute atomic E-state index is 0.0168. The SMILES string of the molecule is CS(=O)(=O)c1ccccc1-c1ccccc1C(NC1CCCC1)c1ccccc1. The summed E-state index contributed by atoms with van der Waals surface area (Å²) < 4.78 is 24.9. The quantitative estimate of drug-likeness (QED) is 0.599. The van der Waals surface area contributed by atoms with E-state index in [9.17, 15) is 8.42 Å². The molecule has 1 fully saturated rings. The van der Waals surface area contributed by atoms with Gasteiger partial charge < -0.3 is 5.32 Å². The zero-order valence-electron chi connectivity index (χ0n) is 16.7. The summed E-state index contributed by atoms with van der Waals surface area (Å²) in [5.74, 6) is 0. The molecule has 3 nitrogen and oxygen atoms in total. The van der Waals surface area contributed by atoms with Crippen LogP contribution in [0.5, 0.6) is 0 Å². The van der Waals surface area contributed by atoms with E-state index in [1.807, 2.05) is 36.4 Å². The van der Waals surface area contributed by atoms with Crippen LogP contribution >= 0.6 is 0 Å².